The van der Waals surface area contributed by atoms with Crippen molar-refractivity contribution >= 4 is 17.6 Å². The third kappa shape index (κ3) is 5.12. The van der Waals surface area contributed by atoms with Crippen molar-refractivity contribution in [2.24, 2.45) is 0 Å². The molecular weight excluding hydrogens is 220 g/mol. The van der Waals surface area contributed by atoms with E-state index in [1.807, 2.05) is 19.2 Å². The first-order valence-corrected chi connectivity index (χ1v) is 5.37. The third-order valence-corrected chi connectivity index (χ3v) is 2.18. The van der Waals surface area contributed by atoms with Crippen molar-refractivity contribution in [3.63, 3.8) is 0 Å². The quantitative estimate of drug-likeness (QED) is 0.693. The lowest BCUT2D eigenvalue weighted by Crippen LogP contribution is -2.13. The van der Waals surface area contributed by atoms with Crippen LogP contribution in [0.4, 0.5) is 5.69 Å². The van der Waals surface area contributed by atoms with E-state index in [9.17, 15) is 9.59 Å². The standard InChI is InChI=1S/C12H16N2O3/c1-13-8-9-2-4-10(5-3-9)14-11(15)6-7-12(16)17/h2-5,13H,6-8H2,1H3,(H,14,15)(H,16,17). The van der Waals surface area contributed by atoms with Crippen molar-refractivity contribution in [3.8, 4) is 0 Å². The first kappa shape index (κ1) is 13.2. The largest absolute Gasteiger partial charge is 0.481 e. The van der Waals surface area contributed by atoms with Crippen LogP contribution in [0.5, 0.6) is 0 Å². The Morgan fingerprint density at radius 2 is 1.82 bits per heavy atom. The molecule has 1 aromatic rings. The van der Waals surface area contributed by atoms with Gasteiger partial charge in [-0.25, -0.2) is 0 Å². The predicted octanol–water partition coefficient (Wildman–Crippen LogP) is 1.21. The summed E-state index contributed by atoms with van der Waals surface area (Å²) in [4.78, 5) is 21.6. The van der Waals surface area contributed by atoms with E-state index < -0.39 is 5.97 Å². The van der Waals surface area contributed by atoms with Gasteiger partial charge in [0.1, 0.15) is 0 Å². The lowest BCUT2D eigenvalue weighted by atomic mass is 10.2. The van der Waals surface area contributed by atoms with Gasteiger partial charge in [-0.2, -0.15) is 0 Å². The second-order valence-corrected chi connectivity index (χ2v) is 3.67. The summed E-state index contributed by atoms with van der Waals surface area (Å²) in [6.45, 7) is 0.771. The van der Waals surface area contributed by atoms with E-state index in [-0.39, 0.29) is 18.7 Å². The maximum Gasteiger partial charge on any atom is 0.303 e. The zero-order chi connectivity index (χ0) is 12.7. The minimum Gasteiger partial charge on any atom is -0.481 e. The molecule has 5 heteroatoms. The first-order chi connectivity index (χ1) is 8.11. The van der Waals surface area contributed by atoms with Crippen LogP contribution in [0.2, 0.25) is 0 Å². The van der Waals surface area contributed by atoms with Crippen LogP contribution >= 0.6 is 0 Å². The summed E-state index contributed by atoms with van der Waals surface area (Å²) in [5, 5.41) is 14.1. The Hall–Kier alpha value is -1.88. The van der Waals surface area contributed by atoms with Gasteiger partial charge >= 0.3 is 5.97 Å². The molecule has 0 atom stereocenters. The Labute approximate surface area is 99.8 Å². The van der Waals surface area contributed by atoms with Crippen LogP contribution in [0, 0.1) is 0 Å². The number of carboxylic acids is 1. The van der Waals surface area contributed by atoms with Gasteiger partial charge in [0.25, 0.3) is 0 Å². The minimum absolute atomic E-state index is 0.00635. The minimum atomic E-state index is -0.968. The SMILES string of the molecule is CNCc1ccc(NC(=O)CCC(=O)O)cc1. The van der Waals surface area contributed by atoms with Gasteiger partial charge in [0.2, 0.25) is 5.91 Å². The average Bonchev–Trinajstić information content (AvgIpc) is 2.29. The number of nitrogens with one attached hydrogen (secondary N) is 2. The fourth-order valence-electron chi connectivity index (χ4n) is 1.35. The second kappa shape index (κ2) is 6.65. The Morgan fingerprint density at radius 1 is 1.18 bits per heavy atom. The van der Waals surface area contributed by atoms with E-state index in [1.54, 1.807) is 12.1 Å². The van der Waals surface area contributed by atoms with Gasteiger partial charge < -0.3 is 15.7 Å². The zero-order valence-electron chi connectivity index (χ0n) is 9.69. The highest BCUT2D eigenvalue weighted by Gasteiger charge is 2.05. The number of carbonyl (C=O) groups is 2. The molecule has 0 unspecified atom stereocenters. The van der Waals surface area contributed by atoms with Crippen LogP contribution in [0.25, 0.3) is 0 Å². The van der Waals surface area contributed by atoms with Crippen LogP contribution < -0.4 is 10.6 Å². The molecule has 0 saturated heterocycles. The van der Waals surface area contributed by atoms with Gasteiger partial charge in [0.05, 0.1) is 6.42 Å². The van der Waals surface area contributed by atoms with Gasteiger partial charge in [-0.3, -0.25) is 9.59 Å². The molecule has 0 saturated carbocycles. The van der Waals surface area contributed by atoms with Gasteiger partial charge in [0, 0.05) is 18.7 Å². The predicted molar refractivity (Wildman–Crippen MR) is 64.7 cm³/mol. The van der Waals surface area contributed by atoms with Crippen molar-refractivity contribution in [2.75, 3.05) is 12.4 Å². The van der Waals surface area contributed by atoms with E-state index in [2.05, 4.69) is 10.6 Å². The molecule has 1 amide bonds. The Balaban J connectivity index is 2.45. The van der Waals surface area contributed by atoms with Crippen LogP contribution in [0.3, 0.4) is 0 Å². The molecule has 3 N–H and O–H groups in total. The molecule has 17 heavy (non-hydrogen) atoms. The van der Waals surface area contributed by atoms with Gasteiger partial charge in [0.15, 0.2) is 0 Å². The maximum absolute atomic E-state index is 11.3. The summed E-state index contributed by atoms with van der Waals surface area (Å²) in [5.74, 6) is -1.25. The number of benzene rings is 1. The summed E-state index contributed by atoms with van der Waals surface area (Å²) in [7, 11) is 1.86. The Morgan fingerprint density at radius 3 is 2.35 bits per heavy atom. The molecule has 0 aromatic heterocycles. The average molecular weight is 236 g/mol. The molecule has 0 aliphatic heterocycles. The second-order valence-electron chi connectivity index (χ2n) is 3.67. The molecule has 0 aliphatic rings. The maximum atomic E-state index is 11.3. The fourth-order valence-corrected chi connectivity index (χ4v) is 1.35. The topological polar surface area (TPSA) is 78.4 Å². The van der Waals surface area contributed by atoms with Gasteiger partial charge in [-0.05, 0) is 24.7 Å². The molecule has 0 bridgehead atoms. The highest BCUT2D eigenvalue weighted by atomic mass is 16.4. The molecule has 0 spiro atoms. The molecule has 0 heterocycles. The van der Waals surface area contributed by atoms with Crippen molar-refractivity contribution in [1.29, 1.82) is 0 Å². The van der Waals surface area contributed by atoms with E-state index in [0.29, 0.717) is 5.69 Å². The normalized spacial score (nSPS) is 9.94. The highest BCUT2D eigenvalue weighted by Crippen LogP contribution is 2.10. The first-order valence-electron chi connectivity index (χ1n) is 5.37. The van der Waals surface area contributed by atoms with E-state index >= 15 is 0 Å². The number of hydrogen-bond acceptors (Lipinski definition) is 3. The molecule has 5 nitrogen and oxygen atoms in total. The van der Waals surface area contributed by atoms with Gasteiger partial charge in [-0.15, -0.1) is 0 Å². The lowest BCUT2D eigenvalue weighted by molar-refractivity contribution is -0.138. The lowest BCUT2D eigenvalue weighted by Gasteiger charge is -2.05. The molecule has 92 valence electrons. The van der Waals surface area contributed by atoms with Crippen LogP contribution in [0.15, 0.2) is 24.3 Å². The van der Waals surface area contributed by atoms with E-state index in [1.165, 1.54) is 0 Å². The van der Waals surface area contributed by atoms with Crippen LogP contribution in [-0.4, -0.2) is 24.0 Å². The monoisotopic (exact) mass is 236 g/mol. The number of aliphatic carboxylic acids is 1. The van der Waals surface area contributed by atoms with Crippen molar-refractivity contribution in [2.45, 2.75) is 19.4 Å². The fraction of sp³-hybridized carbons (Fsp3) is 0.333. The number of carboxylic acid groups (broad SMARTS) is 1. The van der Waals surface area contributed by atoms with Crippen molar-refractivity contribution in [3.05, 3.63) is 29.8 Å². The number of anilines is 1. The van der Waals surface area contributed by atoms with E-state index in [0.717, 1.165) is 12.1 Å². The summed E-state index contributed by atoms with van der Waals surface area (Å²) < 4.78 is 0. The van der Waals surface area contributed by atoms with Crippen LogP contribution in [-0.2, 0) is 16.1 Å². The van der Waals surface area contributed by atoms with Crippen molar-refractivity contribution < 1.29 is 14.7 Å². The third-order valence-electron chi connectivity index (χ3n) is 2.18. The zero-order valence-corrected chi connectivity index (χ0v) is 9.69. The molecule has 0 fully saturated rings. The summed E-state index contributed by atoms with van der Waals surface area (Å²) in [5.41, 5.74) is 1.80. The Bertz CT molecular complexity index is 387. The number of rotatable bonds is 6. The molecule has 0 radical (unpaired) electrons. The summed E-state index contributed by atoms with van der Waals surface area (Å²) in [6.07, 6.45) is -0.155. The van der Waals surface area contributed by atoms with E-state index in [4.69, 9.17) is 5.11 Å². The number of carbonyl (C=O) groups excluding carboxylic acids is 1. The number of hydrogen-bond donors (Lipinski definition) is 3. The van der Waals surface area contributed by atoms with Crippen molar-refractivity contribution in [1.82, 2.24) is 5.32 Å². The summed E-state index contributed by atoms with van der Waals surface area (Å²) >= 11 is 0. The molecular formula is C12H16N2O3. The van der Waals surface area contributed by atoms with Crippen LogP contribution in [0.1, 0.15) is 18.4 Å². The highest BCUT2D eigenvalue weighted by molar-refractivity contribution is 5.92. The molecule has 0 aliphatic carbocycles. The number of amides is 1. The molecule has 1 rings (SSSR count). The summed E-state index contributed by atoms with van der Waals surface area (Å²) in [6, 6.07) is 7.41. The smallest absolute Gasteiger partial charge is 0.303 e. The van der Waals surface area contributed by atoms with Gasteiger partial charge in [-0.1, -0.05) is 12.1 Å². The molecule has 1 aromatic carbocycles. The Kier molecular flexibility index (Phi) is 5.16.